The monoisotopic (exact) mass is 346 g/mol. The molecule has 0 saturated heterocycles. The van der Waals surface area contributed by atoms with E-state index in [4.69, 9.17) is 4.42 Å². The number of oxazole rings is 1. The van der Waals surface area contributed by atoms with E-state index in [1.54, 1.807) is 0 Å². The van der Waals surface area contributed by atoms with Crippen LogP contribution in [-0.2, 0) is 22.9 Å². The van der Waals surface area contributed by atoms with Crippen LogP contribution in [0.15, 0.2) is 56.6 Å². The van der Waals surface area contributed by atoms with Crippen LogP contribution in [0.25, 0.3) is 11.1 Å². The fourth-order valence-electron chi connectivity index (χ4n) is 2.45. The molecule has 0 aliphatic carbocycles. The van der Waals surface area contributed by atoms with Crippen molar-refractivity contribution in [1.82, 2.24) is 9.71 Å². The first-order valence-electron chi connectivity index (χ1n) is 7.68. The minimum atomic E-state index is -3.65. The summed E-state index contributed by atoms with van der Waals surface area (Å²) in [5.74, 6) is -0.608. The summed E-state index contributed by atoms with van der Waals surface area (Å²) in [6.45, 7) is 2.38. The van der Waals surface area contributed by atoms with Crippen LogP contribution in [0.4, 0.5) is 0 Å². The van der Waals surface area contributed by atoms with Crippen molar-refractivity contribution in [3.05, 3.63) is 64.1 Å². The molecule has 3 rings (SSSR count). The third-order valence-electron chi connectivity index (χ3n) is 3.84. The zero-order valence-electron chi connectivity index (χ0n) is 13.2. The molecule has 0 aliphatic heterocycles. The highest BCUT2D eigenvalue weighted by molar-refractivity contribution is 7.89. The molecule has 1 heterocycles. The average Bonchev–Trinajstić information content (AvgIpc) is 2.94. The average molecular weight is 346 g/mol. The topological polar surface area (TPSA) is 92.2 Å². The molecule has 0 radical (unpaired) electrons. The fourth-order valence-corrected chi connectivity index (χ4v) is 3.49. The third-order valence-corrected chi connectivity index (χ3v) is 5.30. The van der Waals surface area contributed by atoms with E-state index in [2.05, 4.69) is 16.6 Å². The molecule has 7 heteroatoms. The fraction of sp³-hybridized carbons (Fsp3) is 0.235. The van der Waals surface area contributed by atoms with Crippen LogP contribution >= 0.6 is 0 Å². The lowest BCUT2D eigenvalue weighted by molar-refractivity contribution is 0.553. The molecule has 0 fully saturated rings. The third kappa shape index (κ3) is 3.58. The first-order valence-corrected chi connectivity index (χ1v) is 9.16. The summed E-state index contributed by atoms with van der Waals surface area (Å²) < 4.78 is 32.1. The van der Waals surface area contributed by atoms with E-state index >= 15 is 0 Å². The normalized spacial score (nSPS) is 11.9. The van der Waals surface area contributed by atoms with Gasteiger partial charge in [-0.3, -0.25) is 4.98 Å². The van der Waals surface area contributed by atoms with Gasteiger partial charge in [-0.2, -0.15) is 0 Å². The van der Waals surface area contributed by atoms with Crippen LogP contribution < -0.4 is 10.5 Å². The van der Waals surface area contributed by atoms with Crippen LogP contribution in [0.1, 0.15) is 18.1 Å². The molecule has 24 heavy (non-hydrogen) atoms. The first-order chi connectivity index (χ1) is 11.5. The molecule has 0 unspecified atom stereocenters. The van der Waals surface area contributed by atoms with Gasteiger partial charge in [0.2, 0.25) is 10.0 Å². The van der Waals surface area contributed by atoms with Gasteiger partial charge in [0.05, 0.1) is 10.4 Å². The maximum atomic E-state index is 12.3. The SMILES string of the molecule is CCc1ccc(CCNS(=O)(=O)c2ccc3[nH]c(=O)oc3c2)cc1. The van der Waals surface area contributed by atoms with E-state index in [0.717, 1.165) is 12.0 Å². The van der Waals surface area contributed by atoms with E-state index < -0.39 is 15.8 Å². The van der Waals surface area contributed by atoms with Crippen molar-refractivity contribution in [2.24, 2.45) is 0 Å². The molecular formula is C17H18N2O4S. The number of H-pyrrole nitrogens is 1. The minimum Gasteiger partial charge on any atom is -0.408 e. The molecule has 1 aromatic heterocycles. The lowest BCUT2D eigenvalue weighted by Gasteiger charge is -2.07. The zero-order valence-corrected chi connectivity index (χ0v) is 14.0. The van der Waals surface area contributed by atoms with Gasteiger partial charge in [-0.25, -0.2) is 17.9 Å². The van der Waals surface area contributed by atoms with Crippen LogP contribution in [0.5, 0.6) is 0 Å². The number of aromatic amines is 1. The molecule has 126 valence electrons. The Bertz CT molecular complexity index is 1000. The van der Waals surface area contributed by atoms with Gasteiger partial charge in [0, 0.05) is 12.6 Å². The Morgan fingerprint density at radius 2 is 1.79 bits per heavy atom. The summed E-state index contributed by atoms with van der Waals surface area (Å²) >= 11 is 0. The molecule has 6 nitrogen and oxygen atoms in total. The van der Waals surface area contributed by atoms with Crippen LogP contribution in [0.3, 0.4) is 0 Å². The number of nitrogens with one attached hydrogen (secondary N) is 2. The number of sulfonamides is 1. The Kier molecular flexibility index (Phi) is 4.55. The number of hydrogen-bond donors (Lipinski definition) is 2. The van der Waals surface area contributed by atoms with Crippen molar-refractivity contribution in [3.63, 3.8) is 0 Å². The number of rotatable bonds is 6. The van der Waals surface area contributed by atoms with Crippen molar-refractivity contribution in [1.29, 1.82) is 0 Å². The first kappa shape index (κ1) is 16.5. The van der Waals surface area contributed by atoms with Gasteiger partial charge < -0.3 is 4.42 Å². The molecule has 2 aromatic carbocycles. The van der Waals surface area contributed by atoms with E-state index in [1.165, 1.54) is 23.8 Å². The Morgan fingerprint density at radius 3 is 2.50 bits per heavy atom. The van der Waals surface area contributed by atoms with Crippen molar-refractivity contribution in [3.8, 4) is 0 Å². The maximum Gasteiger partial charge on any atom is 0.417 e. The number of aryl methyl sites for hydroxylation is 1. The Morgan fingerprint density at radius 1 is 1.08 bits per heavy atom. The van der Waals surface area contributed by atoms with Gasteiger partial charge in [0.1, 0.15) is 0 Å². The Balaban J connectivity index is 1.68. The van der Waals surface area contributed by atoms with Gasteiger partial charge in [-0.1, -0.05) is 31.2 Å². The standard InChI is InChI=1S/C17H18N2O4S/c1-2-12-3-5-13(6-4-12)9-10-18-24(21,22)14-7-8-15-16(11-14)23-17(20)19-15/h3-8,11,18H,2,9-10H2,1H3,(H,19,20). The van der Waals surface area contributed by atoms with Crippen molar-refractivity contribution in [2.45, 2.75) is 24.7 Å². The highest BCUT2D eigenvalue weighted by atomic mass is 32.2. The molecule has 0 aliphatic rings. The van der Waals surface area contributed by atoms with Gasteiger partial charge >= 0.3 is 5.76 Å². The highest BCUT2D eigenvalue weighted by Crippen LogP contribution is 2.16. The van der Waals surface area contributed by atoms with Crippen LogP contribution in [0.2, 0.25) is 0 Å². The Labute approximate surface area is 139 Å². The second kappa shape index (κ2) is 6.62. The number of benzene rings is 2. The summed E-state index contributed by atoms with van der Waals surface area (Å²) in [6, 6.07) is 12.4. The van der Waals surface area contributed by atoms with Gasteiger partial charge in [-0.15, -0.1) is 0 Å². The predicted octanol–water partition coefficient (Wildman–Crippen LogP) is 2.20. The summed E-state index contributed by atoms with van der Waals surface area (Å²) in [5.41, 5.74) is 3.01. The summed E-state index contributed by atoms with van der Waals surface area (Å²) in [6.07, 6.45) is 1.58. The van der Waals surface area contributed by atoms with Crippen molar-refractivity contribution in [2.75, 3.05) is 6.54 Å². The molecule has 3 aromatic rings. The molecule has 0 bridgehead atoms. The number of hydrogen-bond acceptors (Lipinski definition) is 4. The second-order valence-corrected chi connectivity index (χ2v) is 7.26. The maximum absolute atomic E-state index is 12.3. The quantitative estimate of drug-likeness (QED) is 0.716. The number of fused-ring (bicyclic) bond motifs is 1. The lowest BCUT2D eigenvalue weighted by atomic mass is 10.1. The molecule has 0 spiro atoms. The van der Waals surface area contributed by atoms with E-state index in [1.807, 2.05) is 24.3 Å². The summed E-state index contributed by atoms with van der Waals surface area (Å²) in [7, 11) is -3.65. The van der Waals surface area contributed by atoms with Crippen LogP contribution in [0, 0.1) is 0 Å². The van der Waals surface area contributed by atoms with E-state index in [-0.39, 0.29) is 10.5 Å². The summed E-state index contributed by atoms with van der Waals surface area (Å²) in [4.78, 5) is 13.7. The lowest BCUT2D eigenvalue weighted by Crippen LogP contribution is -2.25. The van der Waals surface area contributed by atoms with E-state index in [0.29, 0.717) is 18.5 Å². The van der Waals surface area contributed by atoms with Gasteiger partial charge in [0.25, 0.3) is 0 Å². The molecular weight excluding hydrogens is 328 g/mol. The highest BCUT2D eigenvalue weighted by Gasteiger charge is 2.15. The van der Waals surface area contributed by atoms with Crippen molar-refractivity contribution < 1.29 is 12.8 Å². The molecule has 0 atom stereocenters. The molecule has 2 N–H and O–H groups in total. The minimum absolute atomic E-state index is 0.0686. The second-order valence-electron chi connectivity index (χ2n) is 5.49. The van der Waals surface area contributed by atoms with Gasteiger partial charge in [0.15, 0.2) is 5.58 Å². The van der Waals surface area contributed by atoms with Crippen LogP contribution in [-0.4, -0.2) is 19.9 Å². The van der Waals surface area contributed by atoms with Crippen molar-refractivity contribution >= 4 is 21.1 Å². The van der Waals surface area contributed by atoms with Gasteiger partial charge in [-0.05, 0) is 36.1 Å². The Hall–Kier alpha value is -2.38. The largest absolute Gasteiger partial charge is 0.417 e. The summed E-state index contributed by atoms with van der Waals surface area (Å²) in [5, 5.41) is 0. The molecule has 0 saturated carbocycles. The predicted molar refractivity (Wildman–Crippen MR) is 91.5 cm³/mol. The molecule has 0 amide bonds. The number of aromatic nitrogens is 1. The van der Waals surface area contributed by atoms with E-state index in [9.17, 15) is 13.2 Å². The smallest absolute Gasteiger partial charge is 0.408 e. The zero-order chi connectivity index (χ0) is 17.2.